The Bertz CT molecular complexity index is 285. The van der Waals surface area contributed by atoms with Gasteiger partial charge in [-0.25, -0.2) is 0 Å². The van der Waals surface area contributed by atoms with Gasteiger partial charge >= 0.3 is 6.18 Å². The van der Waals surface area contributed by atoms with Gasteiger partial charge in [-0.05, 0) is 25.8 Å². The number of halogens is 3. The van der Waals surface area contributed by atoms with Crippen LogP contribution in [0, 0.1) is 5.41 Å². The van der Waals surface area contributed by atoms with Crippen molar-refractivity contribution in [3.8, 4) is 0 Å². The molecule has 0 heterocycles. The Morgan fingerprint density at radius 1 is 1.16 bits per heavy atom. The second-order valence-corrected chi connectivity index (χ2v) is 5.91. The summed E-state index contributed by atoms with van der Waals surface area (Å²) in [7, 11) is 0. The molecule has 2 nitrogen and oxygen atoms in total. The van der Waals surface area contributed by atoms with E-state index in [0.717, 1.165) is 38.6 Å². The molecule has 2 aliphatic carbocycles. The molecule has 0 saturated heterocycles. The normalized spacial score (nSPS) is 30.9. The highest BCUT2D eigenvalue weighted by Gasteiger charge is 2.55. The predicted molar refractivity (Wildman–Crippen MR) is 68.0 cm³/mol. The highest BCUT2D eigenvalue weighted by atomic mass is 19.4. The number of nitrogens with one attached hydrogen (secondary N) is 1. The number of rotatable bonds is 4. The Morgan fingerprint density at radius 3 is 2.32 bits per heavy atom. The molecule has 1 N–H and O–H groups in total. The standard InChI is InChI=1S/C14H24F3NO/c1-2-18-11-9-12(19-10-14(15,16)17)13(11)7-5-3-4-6-8-13/h11-12,18H,2-10H2,1H3. The molecular weight excluding hydrogens is 255 g/mol. The van der Waals surface area contributed by atoms with Crippen molar-refractivity contribution in [2.75, 3.05) is 13.2 Å². The average Bonchev–Trinajstić information content (AvgIpc) is 2.59. The summed E-state index contributed by atoms with van der Waals surface area (Å²) in [5.74, 6) is 0. The minimum absolute atomic E-state index is 0.0439. The van der Waals surface area contributed by atoms with Gasteiger partial charge in [0.05, 0.1) is 6.10 Å². The Balaban J connectivity index is 1.99. The van der Waals surface area contributed by atoms with E-state index >= 15 is 0 Å². The second kappa shape index (κ2) is 6.00. The van der Waals surface area contributed by atoms with Crippen LogP contribution in [0.5, 0.6) is 0 Å². The quantitative estimate of drug-likeness (QED) is 0.848. The zero-order chi connectivity index (χ0) is 13.9. The monoisotopic (exact) mass is 279 g/mol. The van der Waals surface area contributed by atoms with Crippen molar-refractivity contribution < 1.29 is 17.9 Å². The first kappa shape index (κ1) is 15.1. The van der Waals surface area contributed by atoms with Crippen LogP contribution in [0.2, 0.25) is 0 Å². The van der Waals surface area contributed by atoms with E-state index in [1.165, 1.54) is 12.8 Å². The Kier molecular flexibility index (Phi) is 4.77. The Labute approximate surface area is 113 Å². The molecule has 2 aliphatic rings. The van der Waals surface area contributed by atoms with E-state index in [9.17, 15) is 13.2 Å². The molecule has 0 aromatic rings. The van der Waals surface area contributed by atoms with Crippen LogP contribution in [0.3, 0.4) is 0 Å². The van der Waals surface area contributed by atoms with Crippen LogP contribution >= 0.6 is 0 Å². The summed E-state index contributed by atoms with van der Waals surface area (Å²) >= 11 is 0. The van der Waals surface area contributed by atoms with Gasteiger partial charge in [0.2, 0.25) is 0 Å². The molecule has 19 heavy (non-hydrogen) atoms. The van der Waals surface area contributed by atoms with Gasteiger partial charge in [0.25, 0.3) is 0 Å². The zero-order valence-corrected chi connectivity index (χ0v) is 11.6. The molecule has 2 fully saturated rings. The fourth-order valence-electron chi connectivity index (χ4n) is 3.77. The maximum atomic E-state index is 12.3. The van der Waals surface area contributed by atoms with Crippen LogP contribution in [0.4, 0.5) is 13.2 Å². The summed E-state index contributed by atoms with van der Waals surface area (Å²) in [6.07, 6.45) is 2.96. The van der Waals surface area contributed by atoms with Gasteiger partial charge in [-0.15, -0.1) is 0 Å². The van der Waals surface area contributed by atoms with E-state index in [1.807, 2.05) is 6.92 Å². The summed E-state index contributed by atoms with van der Waals surface area (Å²) in [6, 6.07) is 0.342. The lowest BCUT2D eigenvalue weighted by Crippen LogP contribution is -2.64. The van der Waals surface area contributed by atoms with E-state index in [0.29, 0.717) is 6.04 Å². The predicted octanol–water partition coefficient (Wildman–Crippen LogP) is 3.66. The smallest absolute Gasteiger partial charge is 0.368 e. The van der Waals surface area contributed by atoms with Crippen LogP contribution in [0.1, 0.15) is 51.9 Å². The molecule has 0 aliphatic heterocycles. The zero-order valence-electron chi connectivity index (χ0n) is 11.6. The number of hydrogen-bond acceptors (Lipinski definition) is 2. The largest absolute Gasteiger partial charge is 0.411 e. The lowest BCUT2D eigenvalue weighted by atomic mass is 9.57. The molecule has 112 valence electrons. The molecular formula is C14H24F3NO. The van der Waals surface area contributed by atoms with Crippen molar-refractivity contribution in [2.45, 2.75) is 70.2 Å². The number of hydrogen-bond donors (Lipinski definition) is 1. The number of alkyl halides is 3. The van der Waals surface area contributed by atoms with Gasteiger partial charge in [-0.2, -0.15) is 13.2 Å². The van der Waals surface area contributed by atoms with Gasteiger partial charge in [-0.3, -0.25) is 0 Å². The first-order valence-electron chi connectivity index (χ1n) is 7.40. The summed E-state index contributed by atoms with van der Waals surface area (Å²) in [5, 5.41) is 3.44. The van der Waals surface area contributed by atoms with Gasteiger partial charge in [0.1, 0.15) is 6.61 Å². The molecule has 0 aromatic heterocycles. The maximum Gasteiger partial charge on any atom is 0.411 e. The lowest BCUT2D eigenvalue weighted by molar-refractivity contribution is -0.225. The first-order chi connectivity index (χ1) is 8.98. The van der Waals surface area contributed by atoms with Crippen molar-refractivity contribution in [3.63, 3.8) is 0 Å². The molecule has 0 radical (unpaired) electrons. The highest BCUT2D eigenvalue weighted by molar-refractivity contribution is 5.08. The van der Waals surface area contributed by atoms with Crippen LogP contribution < -0.4 is 5.32 Å². The summed E-state index contributed by atoms with van der Waals surface area (Å²) in [4.78, 5) is 0. The van der Waals surface area contributed by atoms with E-state index in [2.05, 4.69) is 5.32 Å². The molecule has 0 amide bonds. The topological polar surface area (TPSA) is 21.3 Å². The lowest BCUT2D eigenvalue weighted by Gasteiger charge is -2.56. The van der Waals surface area contributed by atoms with Crippen LogP contribution in [-0.2, 0) is 4.74 Å². The molecule has 0 aromatic carbocycles. The van der Waals surface area contributed by atoms with Crippen molar-refractivity contribution in [3.05, 3.63) is 0 Å². The molecule has 2 rings (SSSR count). The molecule has 2 unspecified atom stereocenters. The average molecular weight is 279 g/mol. The van der Waals surface area contributed by atoms with E-state index in [-0.39, 0.29) is 11.5 Å². The minimum Gasteiger partial charge on any atom is -0.368 e. The maximum absolute atomic E-state index is 12.3. The molecule has 0 bridgehead atoms. The second-order valence-electron chi connectivity index (χ2n) is 5.91. The Hall–Kier alpha value is -0.290. The molecule has 2 atom stereocenters. The van der Waals surface area contributed by atoms with Crippen molar-refractivity contribution in [1.29, 1.82) is 0 Å². The van der Waals surface area contributed by atoms with E-state index in [1.54, 1.807) is 0 Å². The van der Waals surface area contributed by atoms with Crippen molar-refractivity contribution >= 4 is 0 Å². The van der Waals surface area contributed by atoms with E-state index in [4.69, 9.17) is 4.74 Å². The SMILES string of the molecule is CCNC1CC(OCC(F)(F)F)C12CCCCCC2. The fraction of sp³-hybridized carbons (Fsp3) is 1.00. The van der Waals surface area contributed by atoms with Crippen molar-refractivity contribution in [1.82, 2.24) is 5.32 Å². The highest BCUT2D eigenvalue weighted by Crippen LogP contribution is 2.52. The Morgan fingerprint density at radius 2 is 1.79 bits per heavy atom. The summed E-state index contributed by atoms with van der Waals surface area (Å²) in [5.41, 5.74) is -0.0439. The van der Waals surface area contributed by atoms with E-state index < -0.39 is 12.8 Å². The summed E-state index contributed by atoms with van der Waals surface area (Å²) in [6.45, 7) is 1.82. The van der Waals surface area contributed by atoms with Crippen LogP contribution in [0.15, 0.2) is 0 Å². The van der Waals surface area contributed by atoms with Gasteiger partial charge < -0.3 is 10.1 Å². The van der Waals surface area contributed by atoms with Gasteiger partial charge in [0.15, 0.2) is 0 Å². The minimum atomic E-state index is -4.21. The fourth-order valence-corrected chi connectivity index (χ4v) is 3.77. The summed E-state index contributed by atoms with van der Waals surface area (Å²) < 4.78 is 42.2. The third kappa shape index (κ3) is 3.43. The first-order valence-corrected chi connectivity index (χ1v) is 7.40. The molecule has 5 heteroatoms. The molecule has 2 saturated carbocycles. The van der Waals surface area contributed by atoms with Gasteiger partial charge in [0, 0.05) is 11.5 Å². The number of ether oxygens (including phenoxy) is 1. The van der Waals surface area contributed by atoms with Crippen LogP contribution in [0.25, 0.3) is 0 Å². The van der Waals surface area contributed by atoms with Crippen LogP contribution in [-0.4, -0.2) is 31.5 Å². The molecule has 1 spiro atoms. The van der Waals surface area contributed by atoms with Crippen molar-refractivity contribution in [2.24, 2.45) is 5.41 Å². The van der Waals surface area contributed by atoms with Gasteiger partial charge in [-0.1, -0.05) is 32.6 Å². The third-order valence-corrected chi connectivity index (χ3v) is 4.72. The third-order valence-electron chi connectivity index (χ3n) is 4.72.